The van der Waals surface area contributed by atoms with E-state index in [1.54, 1.807) is 12.5 Å². The van der Waals surface area contributed by atoms with Crippen molar-refractivity contribution < 1.29 is 0 Å². The van der Waals surface area contributed by atoms with Gasteiger partial charge in [0.05, 0.1) is 17.6 Å². The van der Waals surface area contributed by atoms with Gasteiger partial charge in [0.1, 0.15) is 6.07 Å². The number of rotatable bonds is 3. The zero-order valence-electron chi connectivity index (χ0n) is 10.4. The Kier molecular flexibility index (Phi) is 2.17. The SMILES string of the molecule is Cn1cnc(C2(Nc3nc(C#N)cn3C)CC2)c1. The highest BCUT2D eigenvalue weighted by Gasteiger charge is 2.47. The Hall–Kier alpha value is -2.29. The van der Waals surface area contributed by atoms with Gasteiger partial charge in [0, 0.05) is 26.5 Å². The molecular formula is C12H14N6. The number of anilines is 1. The average Bonchev–Trinajstić information content (AvgIpc) is 2.85. The lowest BCUT2D eigenvalue weighted by Crippen LogP contribution is -2.21. The van der Waals surface area contributed by atoms with Gasteiger partial charge < -0.3 is 14.5 Å². The van der Waals surface area contributed by atoms with Crippen molar-refractivity contribution in [2.24, 2.45) is 14.1 Å². The van der Waals surface area contributed by atoms with Crippen LogP contribution in [0.5, 0.6) is 0 Å². The second-order valence-electron chi connectivity index (χ2n) is 4.80. The van der Waals surface area contributed by atoms with Crippen molar-refractivity contribution in [3.8, 4) is 6.07 Å². The number of hydrogen-bond acceptors (Lipinski definition) is 4. The fourth-order valence-corrected chi connectivity index (χ4v) is 2.08. The van der Waals surface area contributed by atoms with E-state index in [0.717, 1.165) is 24.5 Å². The Labute approximate surface area is 105 Å². The molecule has 1 fully saturated rings. The van der Waals surface area contributed by atoms with Crippen LogP contribution in [0.4, 0.5) is 5.95 Å². The van der Waals surface area contributed by atoms with Gasteiger partial charge in [0.15, 0.2) is 5.69 Å². The summed E-state index contributed by atoms with van der Waals surface area (Å²) in [6, 6.07) is 2.05. The minimum atomic E-state index is -0.104. The number of nitriles is 1. The minimum absolute atomic E-state index is 0.104. The second kappa shape index (κ2) is 3.60. The molecule has 1 aliphatic carbocycles. The maximum absolute atomic E-state index is 8.84. The lowest BCUT2D eigenvalue weighted by molar-refractivity contribution is 0.744. The van der Waals surface area contributed by atoms with Crippen LogP contribution in [-0.2, 0) is 19.6 Å². The number of hydrogen-bond donors (Lipinski definition) is 1. The van der Waals surface area contributed by atoms with Crippen molar-refractivity contribution in [1.29, 1.82) is 5.26 Å². The summed E-state index contributed by atoms with van der Waals surface area (Å²) in [7, 11) is 3.84. The molecule has 0 saturated heterocycles. The van der Waals surface area contributed by atoms with Gasteiger partial charge in [-0.3, -0.25) is 0 Å². The minimum Gasteiger partial charge on any atom is -0.344 e. The van der Waals surface area contributed by atoms with Crippen molar-refractivity contribution >= 4 is 5.95 Å². The van der Waals surface area contributed by atoms with Crippen LogP contribution < -0.4 is 5.32 Å². The molecule has 0 bridgehead atoms. The molecule has 0 unspecified atom stereocenters. The van der Waals surface area contributed by atoms with Gasteiger partial charge in [-0.15, -0.1) is 0 Å². The summed E-state index contributed by atoms with van der Waals surface area (Å²) in [6.45, 7) is 0. The van der Waals surface area contributed by atoms with Gasteiger partial charge >= 0.3 is 0 Å². The zero-order chi connectivity index (χ0) is 12.8. The summed E-state index contributed by atoms with van der Waals surface area (Å²) in [5.41, 5.74) is 1.36. The normalized spacial score (nSPS) is 16.3. The maximum atomic E-state index is 8.84. The Bertz CT molecular complexity index is 625. The van der Waals surface area contributed by atoms with E-state index in [1.165, 1.54) is 0 Å². The molecule has 1 N–H and O–H groups in total. The van der Waals surface area contributed by atoms with E-state index < -0.39 is 0 Å². The van der Waals surface area contributed by atoms with Crippen LogP contribution in [0.15, 0.2) is 18.7 Å². The van der Waals surface area contributed by atoms with Gasteiger partial charge in [0.25, 0.3) is 0 Å². The molecule has 92 valence electrons. The van der Waals surface area contributed by atoms with E-state index in [2.05, 4.69) is 15.3 Å². The summed E-state index contributed by atoms with van der Waals surface area (Å²) < 4.78 is 3.78. The maximum Gasteiger partial charge on any atom is 0.204 e. The molecule has 2 aromatic rings. The molecule has 0 amide bonds. The van der Waals surface area contributed by atoms with Crippen LogP contribution in [0.1, 0.15) is 24.2 Å². The first-order chi connectivity index (χ1) is 8.63. The van der Waals surface area contributed by atoms with Crippen molar-refractivity contribution in [3.05, 3.63) is 30.1 Å². The van der Waals surface area contributed by atoms with E-state index in [-0.39, 0.29) is 5.54 Å². The standard InChI is InChI=1S/C12H14N6/c1-17-7-10(14-8-17)12(3-4-12)16-11-15-9(5-13)6-18(11)2/h6-8H,3-4H2,1-2H3,(H,15,16). The molecule has 1 aliphatic rings. The first kappa shape index (κ1) is 10.8. The van der Waals surface area contributed by atoms with E-state index in [9.17, 15) is 0 Å². The Morgan fingerprint density at radius 1 is 1.39 bits per heavy atom. The van der Waals surface area contributed by atoms with Crippen LogP contribution in [0.25, 0.3) is 0 Å². The fraction of sp³-hybridized carbons (Fsp3) is 0.417. The quantitative estimate of drug-likeness (QED) is 0.875. The molecule has 3 rings (SSSR count). The average molecular weight is 242 g/mol. The molecule has 0 atom stereocenters. The predicted molar refractivity (Wildman–Crippen MR) is 65.7 cm³/mol. The molecule has 0 aliphatic heterocycles. The van der Waals surface area contributed by atoms with Crippen LogP contribution >= 0.6 is 0 Å². The summed E-state index contributed by atoms with van der Waals surface area (Å²) in [6.07, 6.45) is 7.62. The first-order valence-electron chi connectivity index (χ1n) is 5.83. The van der Waals surface area contributed by atoms with Gasteiger partial charge in [-0.05, 0) is 12.8 Å². The molecule has 6 heteroatoms. The molecule has 0 spiro atoms. The van der Waals surface area contributed by atoms with Crippen molar-refractivity contribution in [3.63, 3.8) is 0 Å². The number of nitrogens with one attached hydrogen (secondary N) is 1. The molecule has 2 aromatic heterocycles. The fourth-order valence-electron chi connectivity index (χ4n) is 2.08. The van der Waals surface area contributed by atoms with Crippen molar-refractivity contribution in [2.75, 3.05) is 5.32 Å². The number of nitrogens with zero attached hydrogens (tertiary/aromatic N) is 5. The lowest BCUT2D eigenvalue weighted by atomic mass is 10.2. The number of aromatic nitrogens is 4. The Morgan fingerprint density at radius 3 is 2.67 bits per heavy atom. The molecule has 0 radical (unpaired) electrons. The van der Waals surface area contributed by atoms with E-state index in [0.29, 0.717) is 5.69 Å². The number of aryl methyl sites for hydroxylation is 2. The third-order valence-corrected chi connectivity index (χ3v) is 3.29. The Balaban J connectivity index is 1.88. The number of imidazole rings is 2. The van der Waals surface area contributed by atoms with Gasteiger partial charge in [-0.2, -0.15) is 5.26 Å². The topological polar surface area (TPSA) is 71.5 Å². The predicted octanol–water partition coefficient (Wildman–Crippen LogP) is 1.13. The first-order valence-corrected chi connectivity index (χ1v) is 5.83. The molecule has 2 heterocycles. The van der Waals surface area contributed by atoms with Crippen LogP contribution in [0.2, 0.25) is 0 Å². The highest BCUT2D eigenvalue weighted by atomic mass is 15.2. The third-order valence-electron chi connectivity index (χ3n) is 3.29. The molecule has 6 nitrogen and oxygen atoms in total. The second-order valence-corrected chi connectivity index (χ2v) is 4.80. The van der Waals surface area contributed by atoms with Gasteiger partial charge in [-0.1, -0.05) is 0 Å². The summed E-state index contributed by atoms with van der Waals surface area (Å²) >= 11 is 0. The molecule has 1 saturated carbocycles. The highest BCUT2D eigenvalue weighted by Crippen LogP contribution is 2.47. The molecule has 18 heavy (non-hydrogen) atoms. The largest absolute Gasteiger partial charge is 0.344 e. The summed E-state index contributed by atoms with van der Waals surface area (Å²) in [4.78, 5) is 8.64. The van der Waals surface area contributed by atoms with Crippen molar-refractivity contribution in [2.45, 2.75) is 18.4 Å². The lowest BCUT2D eigenvalue weighted by Gasteiger charge is -2.15. The van der Waals surface area contributed by atoms with E-state index in [4.69, 9.17) is 5.26 Å². The molecular weight excluding hydrogens is 228 g/mol. The smallest absolute Gasteiger partial charge is 0.204 e. The third kappa shape index (κ3) is 1.64. The summed E-state index contributed by atoms with van der Waals surface area (Å²) in [5.74, 6) is 0.717. The Morgan fingerprint density at radius 2 is 2.17 bits per heavy atom. The van der Waals surface area contributed by atoms with Gasteiger partial charge in [-0.25, -0.2) is 9.97 Å². The van der Waals surface area contributed by atoms with Gasteiger partial charge in [0.2, 0.25) is 5.95 Å². The monoisotopic (exact) mass is 242 g/mol. The molecule has 0 aromatic carbocycles. The van der Waals surface area contributed by atoms with Crippen LogP contribution in [-0.4, -0.2) is 19.1 Å². The van der Waals surface area contributed by atoms with E-state index >= 15 is 0 Å². The summed E-state index contributed by atoms with van der Waals surface area (Å²) in [5, 5.41) is 12.2. The van der Waals surface area contributed by atoms with Crippen LogP contribution in [0.3, 0.4) is 0 Å². The van der Waals surface area contributed by atoms with Crippen LogP contribution in [0, 0.1) is 11.3 Å². The van der Waals surface area contributed by atoms with E-state index in [1.807, 2.05) is 35.5 Å². The highest BCUT2D eigenvalue weighted by molar-refractivity contribution is 5.42. The van der Waals surface area contributed by atoms with Crippen molar-refractivity contribution in [1.82, 2.24) is 19.1 Å². The zero-order valence-corrected chi connectivity index (χ0v) is 10.4.